The number of nitrogens with zero attached hydrogens (tertiary/aromatic N) is 2. The van der Waals surface area contributed by atoms with Crippen molar-refractivity contribution in [1.29, 1.82) is 0 Å². The van der Waals surface area contributed by atoms with Crippen LogP contribution in [-0.4, -0.2) is 21.1 Å². The molecule has 0 aliphatic heterocycles. The Morgan fingerprint density at radius 1 is 1.04 bits per heavy atom. The van der Waals surface area contributed by atoms with Gasteiger partial charge in [0.1, 0.15) is 11.5 Å². The lowest BCUT2D eigenvalue weighted by atomic mass is 10.2. The van der Waals surface area contributed by atoms with Gasteiger partial charge >= 0.3 is 0 Å². The molecule has 0 radical (unpaired) electrons. The molecule has 3 rings (SSSR count). The summed E-state index contributed by atoms with van der Waals surface area (Å²) in [5, 5.41) is 1.53. The molecule has 28 heavy (non-hydrogen) atoms. The molecule has 0 aliphatic rings. The molecule has 0 fully saturated rings. The van der Waals surface area contributed by atoms with E-state index in [9.17, 15) is 4.79 Å². The maximum atomic E-state index is 12.5. The first-order valence-electron chi connectivity index (χ1n) is 8.43. The molecular weight excluding hydrogens is 421 g/mol. The van der Waals surface area contributed by atoms with Gasteiger partial charge in [0, 0.05) is 27.5 Å². The van der Waals surface area contributed by atoms with Crippen LogP contribution in [0.5, 0.6) is 0 Å². The van der Waals surface area contributed by atoms with Crippen LogP contribution in [0.1, 0.15) is 31.3 Å². The smallest absolute Gasteiger partial charge is 0.295 e. The van der Waals surface area contributed by atoms with E-state index in [4.69, 9.17) is 39.6 Å². The highest BCUT2D eigenvalue weighted by Gasteiger charge is 2.20. The van der Waals surface area contributed by atoms with Crippen LogP contribution < -0.4 is 5.48 Å². The largest absolute Gasteiger partial charge is 0.299 e. The molecule has 1 amide bonds. The van der Waals surface area contributed by atoms with Crippen molar-refractivity contribution in [1.82, 2.24) is 15.0 Å². The predicted molar refractivity (Wildman–Crippen MR) is 112 cm³/mol. The van der Waals surface area contributed by atoms with E-state index in [1.807, 2.05) is 32.9 Å². The van der Waals surface area contributed by atoms with Crippen LogP contribution in [0.25, 0.3) is 17.1 Å². The molecule has 5 nitrogen and oxygen atoms in total. The highest BCUT2D eigenvalue weighted by atomic mass is 35.5. The lowest BCUT2D eigenvalue weighted by Crippen LogP contribution is -2.33. The molecule has 1 N–H and O–H groups in total. The summed E-state index contributed by atoms with van der Waals surface area (Å²) >= 11 is 18.4. The number of benzene rings is 2. The minimum absolute atomic E-state index is 0.181. The van der Waals surface area contributed by atoms with Gasteiger partial charge in [-0.2, -0.15) is 0 Å². The zero-order valence-electron chi connectivity index (χ0n) is 15.5. The van der Waals surface area contributed by atoms with E-state index >= 15 is 0 Å². The van der Waals surface area contributed by atoms with Crippen LogP contribution in [0.15, 0.2) is 48.7 Å². The van der Waals surface area contributed by atoms with Crippen molar-refractivity contribution >= 4 is 40.7 Å². The average molecular weight is 439 g/mol. The van der Waals surface area contributed by atoms with E-state index in [2.05, 4.69) is 10.5 Å². The number of nitrogens with one attached hydrogen (secondary N) is 1. The van der Waals surface area contributed by atoms with E-state index in [1.165, 1.54) is 0 Å². The topological polar surface area (TPSA) is 56.1 Å². The highest BCUT2D eigenvalue weighted by Crippen LogP contribution is 2.31. The zero-order chi connectivity index (χ0) is 20.5. The molecule has 0 unspecified atom stereocenters. The van der Waals surface area contributed by atoms with Gasteiger partial charge in [-0.15, -0.1) is 0 Å². The molecule has 0 saturated carbocycles. The molecule has 0 bridgehead atoms. The molecule has 146 valence electrons. The lowest BCUT2D eigenvalue weighted by Gasteiger charge is -2.18. The van der Waals surface area contributed by atoms with Gasteiger partial charge in [-0.25, -0.2) is 10.5 Å². The summed E-state index contributed by atoms with van der Waals surface area (Å²) in [6, 6.07) is 12.3. The van der Waals surface area contributed by atoms with Gasteiger partial charge in [0.2, 0.25) is 0 Å². The van der Waals surface area contributed by atoms with E-state index in [-0.39, 0.29) is 5.69 Å². The maximum absolute atomic E-state index is 12.5. The first kappa shape index (κ1) is 20.7. The van der Waals surface area contributed by atoms with Gasteiger partial charge in [-0.05, 0) is 63.2 Å². The number of carbonyl (C=O) groups is 1. The molecule has 1 aromatic heterocycles. The summed E-state index contributed by atoms with van der Waals surface area (Å²) in [6.07, 6.45) is 1.62. The van der Waals surface area contributed by atoms with Gasteiger partial charge in [0.15, 0.2) is 0 Å². The molecular formula is C20H18Cl3N3O2. The Labute approximate surface area is 178 Å². The first-order chi connectivity index (χ1) is 13.1. The fourth-order valence-electron chi connectivity index (χ4n) is 2.40. The van der Waals surface area contributed by atoms with E-state index in [0.29, 0.717) is 26.5 Å². The van der Waals surface area contributed by atoms with Crippen LogP contribution in [0.3, 0.4) is 0 Å². The van der Waals surface area contributed by atoms with Crippen molar-refractivity contribution in [3.8, 4) is 17.1 Å². The van der Waals surface area contributed by atoms with Crippen molar-refractivity contribution in [3.05, 3.63) is 69.4 Å². The third-order valence-electron chi connectivity index (χ3n) is 3.67. The van der Waals surface area contributed by atoms with Crippen molar-refractivity contribution in [3.63, 3.8) is 0 Å². The Balaban J connectivity index is 2.07. The van der Waals surface area contributed by atoms with Crippen LogP contribution in [0, 0.1) is 0 Å². The number of amides is 1. The second-order valence-electron chi connectivity index (χ2n) is 7.07. The average Bonchev–Trinajstić information content (AvgIpc) is 3.05. The van der Waals surface area contributed by atoms with Crippen LogP contribution in [0.4, 0.5) is 0 Å². The number of hydrogen-bond donors (Lipinski definition) is 1. The third-order valence-corrected chi connectivity index (χ3v) is 4.47. The molecule has 0 atom stereocenters. The van der Waals surface area contributed by atoms with Crippen LogP contribution >= 0.6 is 34.8 Å². The Hall–Kier alpha value is -2.05. The fourth-order valence-corrected chi connectivity index (χ4v) is 3.02. The van der Waals surface area contributed by atoms with E-state index < -0.39 is 11.5 Å². The Morgan fingerprint density at radius 3 is 2.29 bits per heavy atom. The second-order valence-corrected chi connectivity index (χ2v) is 8.35. The Bertz CT molecular complexity index is 1010. The number of hydroxylamine groups is 1. The summed E-state index contributed by atoms with van der Waals surface area (Å²) in [5.41, 5.74) is 3.48. The number of halogens is 3. The summed E-state index contributed by atoms with van der Waals surface area (Å²) < 4.78 is 1.76. The number of carbonyl (C=O) groups excluding carboxylic acids is 1. The van der Waals surface area contributed by atoms with Gasteiger partial charge in [-0.3, -0.25) is 14.2 Å². The number of aromatic nitrogens is 2. The summed E-state index contributed by atoms with van der Waals surface area (Å²) in [6.45, 7) is 5.50. The Kier molecular flexibility index (Phi) is 6.01. The zero-order valence-corrected chi connectivity index (χ0v) is 17.7. The highest BCUT2D eigenvalue weighted by molar-refractivity contribution is 6.36. The standard InChI is InChI=1S/C20H18Cl3N3O2/c1-20(2,3)28-25-19(27)17-11-26(14-7-4-12(21)5-8-14)18(24-17)15-9-6-13(22)10-16(15)23/h4-11H,1-3H3,(H,25,27). The summed E-state index contributed by atoms with van der Waals surface area (Å²) in [5.74, 6) is 0.0267. The van der Waals surface area contributed by atoms with Crippen molar-refractivity contribution in [2.24, 2.45) is 0 Å². The molecule has 0 spiro atoms. The second kappa shape index (κ2) is 8.13. The minimum Gasteiger partial charge on any atom is -0.299 e. The molecule has 3 aromatic rings. The molecule has 0 aliphatic carbocycles. The van der Waals surface area contributed by atoms with Crippen molar-refractivity contribution in [2.75, 3.05) is 0 Å². The SMILES string of the molecule is CC(C)(C)ONC(=O)c1cn(-c2ccc(Cl)cc2)c(-c2ccc(Cl)cc2Cl)n1. The third kappa shape index (κ3) is 4.86. The number of imidazole rings is 1. The molecule has 1 heterocycles. The first-order valence-corrected chi connectivity index (χ1v) is 9.56. The molecule has 2 aromatic carbocycles. The van der Waals surface area contributed by atoms with Gasteiger partial charge in [0.05, 0.1) is 10.6 Å². The van der Waals surface area contributed by atoms with Crippen LogP contribution in [0.2, 0.25) is 15.1 Å². The maximum Gasteiger partial charge on any atom is 0.295 e. The van der Waals surface area contributed by atoms with Gasteiger partial charge in [0.25, 0.3) is 5.91 Å². The van der Waals surface area contributed by atoms with E-state index in [0.717, 1.165) is 5.69 Å². The van der Waals surface area contributed by atoms with E-state index in [1.54, 1.807) is 41.1 Å². The monoisotopic (exact) mass is 437 g/mol. The van der Waals surface area contributed by atoms with Crippen LogP contribution in [-0.2, 0) is 4.84 Å². The normalized spacial score (nSPS) is 11.5. The molecule has 8 heteroatoms. The van der Waals surface area contributed by atoms with Gasteiger partial charge < -0.3 is 0 Å². The summed E-state index contributed by atoms with van der Waals surface area (Å²) in [7, 11) is 0. The molecule has 0 saturated heterocycles. The number of hydrogen-bond acceptors (Lipinski definition) is 3. The van der Waals surface area contributed by atoms with Crippen molar-refractivity contribution < 1.29 is 9.63 Å². The minimum atomic E-state index is -0.531. The Morgan fingerprint density at radius 2 is 1.68 bits per heavy atom. The van der Waals surface area contributed by atoms with Crippen molar-refractivity contribution in [2.45, 2.75) is 26.4 Å². The fraction of sp³-hybridized carbons (Fsp3) is 0.200. The lowest BCUT2D eigenvalue weighted by molar-refractivity contribution is -0.0591. The summed E-state index contributed by atoms with van der Waals surface area (Å²) in [4.78, 5) is 22.4. The van der Waals surface area contributed by atoms with Gasteiger partial charge in [-0.1, -0.05) is 34.8 Å². The number of rotatable bonds is 4. The quantitative estimate of drug-likeness (QED) is 0.511. The predicted octanol–water partition coefficient (Wildman–Crippen LogP) is 5.96.